The molecular formula is C15H24N2O3. The fourth-order valence-electron chi connectivity index (χ4n) is 1.89. The Labute approximate surface area is 120 Å². The molecule has 3 N–H and O–H groups in total. The van der Waals surface area contributed by atoms with Crippen molar-refractivity contribution >= 4 is 5.91 Å². The van der Waals surface area contributed by atoms with Crippen LogP contribution in [0, 0.1) is 0 Å². The van der Waals surface area contributed by atoms with Crippen LogP contribution in [-0.4, -0.2) is 25.7 Å². The van der Waals surface area contributed by atoms with Gasteiger partial charge in [-0.3, -0.25) is 4.79 Å². The van der Waals surface area contributed by atoms with Gasteiger partial charge in [-0.15, -0.1) is 0 Å². The number of ether oxygens (including phenoxy) is 2. The number of carbonyl (C=O) groups is 1. The summed E-state index contributed by atoms with van der Waals surface area (Å²) in [6.07, 6.45) is 1.83. The lowest BCUT2D eigenvalue weighted by Crippen LogP contribution is -2.37. The molecule has 0 aliphatic carbocycles. The monoisotopic (exact) mass is 280 g/mol. The minimum absolute atomic E-state index is 0.00414. The van der Waals surface area contributed by atoms with Gasteiger partial charge in [0.1, 0.15) is 11.5 Å². The van der Waals surface area contributed by atoms with Gasteiger partial charge in [-0.1, -0.05) is 13.8 Å². The van der Waals surface area contributed by atoms with E-state index in [0.717, 1.165) is 24.2 Å². The zero-order valence-corrected chi connectivity index (χ0v) is 12.4. The van der Waals surface area contributed by atoms with Gasteiger partial charge in [0.25, 0.3) is 5.91 Å². The number of carbonyl (C=O) groups excluding carboxylic acids is 1. The van der Waals surface area contributed by atoms with E-state index in [2.05, 4.69) is 5.32 Å². The fourth-order valence-corrected chi connectivity index (χ4v) is 1.89. The molecular weight excluding hydrogens is 256 g/mol. The molecule has 0 saturated heterocycles. The van der Waals surface area contributed by atoms with Gasteiger partial charge in [0, 0.05) is 18.2 Å². The molecule has 0 aliphatic rings. The van der Waals surface area contributed by atoms with Crippen LogP contribution in [0.2, 0.25) is 0 Å². The average Bonchev–Trinajstić information content (AvgIpc) is 2.50. The number of hydrogen-bond acceptors (Lipinski definition) is 4. The van der Waals surface area contributed by atoms with Crippen molar-refractivity contribution in [2.45, 2.75) is 39.3 Å². The molecule has 0 radical (unpaired) electrons. The normalized spacial score (nSPS) is 10.4. The van der Waals surface area contributed by atoms with Crippen LogP contribution in [0.15, 0.2) is 18.2 Å². The lowest BCUT2D eigenvalue weighted by molar-refractivity contribution is -0.123. The average molecular weight is 280 g/mol. The second-order valence-electron chi connectivity index (χ2n) is 4.55. The van der Waals surface area contributed by atoms with E-state index < -0.39 is 0 Å². The highest BCUT2D eigenvalue weighted by Gasteiger charge is 2.10. The molecule has 20 heavy (non-hydrogen) atoms. The van der Waals surface area contributed by atoms with E-state index in [0.29, 0.717) is 12.3 Å². The first-order chi connectivity index (χ1) is 9.64. The van der Waals surface area contributed by atoms with Crippen molar-refractivity contribution in [1.82, 2.24) is 5.32 Å². The van der Waals surface area contributed by atoms with Crippen LogP contribution in [0.1, 0.15) is 32.3 Å². The van der Waals surface area contributed by atoms with Crippen molar-refractivity contribution < 1.29 is 14.3 Å². The highest BCUT2D eigenvalue weighted by molar-refractivity contribution is 5.77. The summed E-state index contributed by atoms with van der Waals surface area (Å²) >= 11 is 0. The molecule has 0 aliphatic heterocycles. The summed E-state index contributed by atoms with van der Waals surface area (Å²) in [7, 11) is 1.60. The van der Waals surface area contributed by atoms with E-state index in [4.69, 9.17) is 15.2 Å². The highest BCUT2D eigenvalue weighted by atomic mass is 16.5. The summed E-state index contributed by atoms with van der Waals surface area (Å²) in [6.45, 7) is 4.42. The third kappa shape index (κ3) is 4.74. The van der Waals surface area contributed by atoms with Crippen molar-refractivity contribution in [3.05, 3.63) is 23.8 Å². The summed E-state index contributed by atoms with van der Waals surface area (Å²) in [5, 5.41) is 2.93. The summed E-state index contributed by atoms with van der Waals surface area (Å²) in [6, 6.07) is 5.57. The van der Waals surface area contributed by atoms with Crippen molar-refractivity contribution in [1.29, 1.82) is 0 Å². The van der Waals surface area contributed by atoms with E-state index in [-0.39, 0.29) is 18.6 Å². The highest BCUT2D eigenvalue weighted by Crippen LogP contribution is 2.23. The van der Waals surface area contributed by atoms with Crippen LogP contribution in [0.5, 0.6) is 11.5 Å². The number of hydrogen-bond donors (Lipinski definition) is 2. The van der Waals surface area contributed by atoms with Crippen LogP contribution in [0.3, 0.4) is 0 Å². The molecule has 1 amide bonds. The molecule has 0 spiro atoms. The maximum absolute atomic E-state index is 11.8. The largest absolute Gasteiger partial charge is 0.497 e. The molecule has 0 bridgehead atoms. The summed E-state index contributed by atoms with van der Waals surface area (Å²) < 4.78 is 10.7. The van der Waals surface area contributed by atoms with Crippen molar-refractivity contribution in [2.75, 3.05) is 13.7 Å². The minimum atomic E-state index is -0.113. The Morgan fingerprint density at radius 2 is 2.05 bits per heavy atom. The summed E-state index contributed by atoms with van der Waals surface area (Å²) in [4.78, 5) is 11.8. The minimum Gasteiger partial charge on any atom is -0.497 e. The molecule has 1 rings (SSSR count). The Bertz CT molecular complexity index is 431. The molecule has 0 atom stereocenters. The van der Waals surface area contributed by atoms with Gasteiger partial charge >= 0.3 is 0 Å². The number of methoxy groups -OCH3 is 1. The molecule has 0 fully saturated rings. The van der Waals surface area contributed by atoms with Gasteiger partial charge < -0.3 is 20.5 Å². The van der Waals surface area contributed by atoms with Crippen LogP contribution in [0.25, 0.3) is 0 Å². The zero-order chi connectivity index (χ0) is 15.0. The predicted octanol–water partition coefficient (Wildman–Crippen LogP) is 1.84. The van der Waals surface area contributed by atoms with Crippen LogP contribution >= 0.6 is 0 Å². The molecule has 5 nitrogen and oxygen atoms in total. The van der Waals surface area contributed by atoms with E-state index in [1.165, 1.54) is 0 Å². The summed E-state index contributed by atoms with van der Waals surface area (Å²) in [5.41, 5.74) is 6.49. The Hall–Kier alpha value is -1.75. The first-order valence-electron chi connectivity index (χ1n) is 6.93. The topological polar surface area (TPSA) is 73.6 Å². The number of amides is 1. The Kier molecular flexibility index (Phi) is 6.87. The van der Waals surface area contributed by atoms with Crippen molar-refractivity contribution in [3.63, 3.8) is 0 Å². The van der Waals surface area contributed by atoms with Crippen LogP contribution < -0.4 is 20.5 Å². The quantitative estimate of drug-likeness (QED) is 0.762. The van der Waals surface area contributed by atoms with E-state index >= 15 is 0 Å². The van der Waals surface area contributed by atoms with Gasteiger partial charge in [0.15, 0.2) is 6.61 Å². The Balaban J connectivity index is 2.58. The maximum atomic E-state index is 11.8. The van der Waals surface area contributed by atoms with Gasteiger partial charge in [0.2, 0.25) is 0 Å². The van der Waals surface area contributed by atoms with Gasteiger partial charge in [-0.05, 0) is 31.0 Å². The number of nitrogens with one attached hydrogen (secondary N) is 1. The Morgan fingerprint density at radius 1 is 1.35 bits per heavy atom. The van der Waals surface area contributed by atoms with Crippen molar-refractivity contribution in [3.8, 4) is 11.5 Å². The van der Waals surface area contributed by atoms with Gasteiger partial charge in [0.05, 0.1) is 7.11 Å². The molecule has 1 aromatic rings. The maximum Gasteiger partial charge on any atom is 0.258 e. The van der Waals surface area contributed by atoms with E-state index in [1.807, 2.05) is 19.9 Å². The second kappa shape index (κ2) is 8.43. The molecule has 0 aromatic heterocycles. The molecule has 0 saturated carbocycles. The first kappa shape index (κ1) is 16.3. The van der Waals surface area contributed by atoms with Crippen molar-refractivity contribution in [2.24, 2.45) is 5.73 Å². The predicted molar refractivity (Wildman–Crippen MR) is 78.9 cm³/mol. The van der Waals surface area contributed by atoms with Crippen LogP contribution in [-0.2, 0) is 11.3 Å². The first-order valence-corrected chi connectivity index (χ1v) is 6.93. The van der Waals surface area contributed by atoms with Crippen LogP contribution in [0.4, 0.5) is 0 Å². The third-order valence-corrected chi connectivity index (χ3v) is 3.20. The lowest BCUT2D eigenvalue weighted by atomic mass is 10.2. The van der Waals surface area contributed by atoms with Gasteiger partial charge in [-0.2, -0.15) is 0 Å². The standard InChI is InChI=1S/C15H24N2O3/c1-4-12(5-2)17-15(18)10-20-14-7-6-13(19-3)8-11(14)9-16/h6-8,12H,4-5,9-10,16H2,1-3H3,(H,17,18). The molecule has 0 unspecified atom stereocenters. The smallest absolute Gasteiger partial charge is 0.258 e. The SMILES string of the molecule is CCC(CC)NC(=O)COc1ccc(OC)cc1CN. The van der Waals surface area contributed by atoms with Gasteiger partial charge in [-0.25, -0.2) is 0 Å². The van der Waals surface area contributed by atoms with E-state index in [1.54, 1.807) is 19.2 Å². The number of benzene rings is 1. The zero-order valence-electron chi connectivity index (χ0n) is 12.4. The molecule has 112 valence electrons. The third-order valence-electron chi connectivity index (χ3n) is 3.20. The second-order valence-corrected chi connectivity index (χ2v) is 4.55. The lowest BCUT2D eigenvalue weighted by Gasteiger charge is -2.16. The molecule has 1 aromatic carbocycles. The number of rotatable bonds is 8. The molecule has 0 heterocycles. The van der Waals surface area contributed by atoms with E-state index in [9.17, 15) is 4.79 Å². The fraction of sp³-hybridized carbons (Fsp3) is 0.533. The number of nitrogens with two attached hydrogens (primary N) is 1. The Morgan fingerprint density at radius 3 is 2.60 bits per heavy atom. The summed E-state index contributed by atoms with van der Waals surface area (Å²) in [5.74, 6) is 1.23. The molecule has 5 heteroatoms.